The van der Waals surface area contributed by atoms with Gasteiger partial charge in [0.2, 0.25) is 0 Å². The molecule has 0 amide bonds. The van der Waals surface area contributed by atoms with Crippen LogP contribution in [0.4, 0.5) is 0 Å². The molecule has 2 rings (SSSR count). The Hall–Kier alpha value is -1.12. The van der Waals surface area contributed by atoms with E-state index in [1.54, 1.807) is 0 Å². The third-order valence-electron chi connectivity index (χ3n) is 2.72. The van der Waals surface area contributed by atoms with Crippen LogP contribution in [0.1, 0.15) is 12.6 Å². The number of rotatable bonds is 5. The van der Waals surface area contributed by atoms with Gasteiger partial charge in [0.25, 0.3) is 0 Å². The van der Waals surface area contributed by atoms with E-state index in [0.29, 0.717) is 11.8 Å². The standard InChI is InChI=1S/C14H17ClN2/c1-11(8-15)9-16-10-13-7-6-12-4-2-3-5-14(12)17-13/h2-7,11,16H,8-10H2,1H3. The molecular weight excluding hydrogens is 232 g/mol. The van der Waals surface area contributed by atoms with Crippen molar-refractivity contribution in [1.29, 1.82) is 0 Å². The maximum absolute atomic E-state index is 5.76. The predicted octanol–water partition coefficient (Wildman–Crippen LogP) is 3.20. The average Bonchev–Trinajstić information content (AvgIpc) is 2.38. The highest BCUT2D eigenvalue weighted by molar-refractivity contribution is 6.18. The molecule has 0 fully saturated rings. The second-order valence-corrected chi connectivity index (χ2v) is 4.69. The van der Waals surface area contributed by atoms with Gasteiger partial charge in [0, 0.05) is 17.8 Å². The number of benzene rings is 1. The molecule has 1 N–H and O–H groups in total. The second-order valence-electron chi connectivity index (χ2n) is 4.39. The molecule has 1 aromatic heterocycles. The van der Waals surface area contributed by atoms with Crippen molar-refractivity contribution in [3.05, 3.63) is 42.1 Å². The Morgan fingerprint density at radius 3 is 2.88 bits per heavy atom. The maximum atomic E-state index is 5.76. The molecule has 0 radical (unpaired) electrons. The first-order valence-electron chi connectivity index (χ1n) is 5.91. The summed E-state index contributed by atoms with van der Waals surface area (Å²) in [7, 11) is 0. The van der Waals surface area contributed by atoms with Gasteiger partial charge in [-0.25, -0.2) is 0 Å². The van der Waals surface area contributed by atoms with Gasteiger partial charge in [0.15, 0.2) is 0 Å². The van der Waals surface area contributed by atoms with Crippen molar-refractivity contribution >= 4 is 22.5 Å². The van der Waals surface area contributed by atoms with Crippen LogP contribution >= 0.6 is 11.6 Å². The van der Waals surface area contributed by atoms with Crippen molar-refractivity contribution in [2.45, 2.75) is 13.5 Å². The largest absolute Gasteiger partial charge is 0.311 e. The lowest BCUT2D eigenvalue weighted by molar-refractivity contribution is 0.553. The van der Waals surface area contributed by atoms with E-state index in [9.17, 15) is 0 Å². The van der Waals surface area contributed by atoms with Gasteiger partial charge in [-0.1, -0.05) is 31.2 Å². The lowest BCUT2D eigenvalue weighted by Crippen LogP contribution is -2.22. The van der Waals surface area contributed by atoms with Crippen LogP contribution in [0.25, 0.3) is 10.9 Å². The SMILES string of the molecule is CC(CCl)CNCc1ccc2ccccc2n1. The van der Waals surface area contributed by atoms with Crippen LogP contribution in [0, 0.1) is 5.92 Å². The fourth-order valence-electron chi connectivity index (χ4n) is 1.71. The van der Waals surface area contributed by atoms with E-state index in [4.69, 9.17) is 11.6 Å². The number of fused-ring (bicyclic) bond motifs is 1. The van der Waals surface area contributed by atoms with E-state index >= 15 is 0 Å². The van der Waals surface area contributed by atoms with Gasteiger partial charge in [-0.15, -0.1) is 11.6 Å². The fourth-order valence-corrected chi connectivity index (χ4v) is 1.82. The molecule has 0 aliphatic rings. The van der Waals surface area contributed by atoms with Crippen molar-refractivity contribution in [1.82, 2.24) is 10.3 Å². The number of hydrogen-bond donors (Lipinski definition) is 1. The molecule has 1 unspecified atom stereocenters. The summed E-state index contributed by atoms with van der Waals surface area (Å²) >= 11 is 5.76. The highest BCUT2D eigenvalue weighted by Crippen LogP contribution is 2.11. The minimum absolute atomic E-state index is 0.497. The Kier molecular flexibility index (Phi) is 4.35. The minimum Gasteiger partial charge on any atom is -0.311 e. The monoisotopic (exact) mass is 248 g/mol. The van der Waals surface area contributed by atoms with Crippen molar-refractivity contribution in [3.8, 4) is 0 Å². The molecule has 0 aliphatic carbocycles. The quantitative estimate of drug-likeness (QED) is 0.822. The van der Waals surface area contributed by atoms with Crippen molar-refractivity contribution < 1.29 is 0 Å². The lowest BCUT2D eigenvalue weighted by Gasteiger charge is -2.09. The van der Waals surface area contributed by atoms with E-state index in [2.05, 4.69) is 35.4 Å². The smallest absolute Gasteiger partial charge is 0.0705 e. The highest BCUT2D eigenvalue weighted by atomic mass is 35.5. The lowest BCUT2D eigenvalue weighted by atomic mass is 10.2. The highest BCUT2D eigenvalue weighted by Gasteiger charge is 2.00. The summed E-state index contributed by atoms with van der Waals surface area (Å²) < 4.78 is 0. The van der Waals surface area contributed by atoms with E-state index in [0.717, 1.165) is 24.3 Å². The van der Waals surface area contributed by atoms with Crippen LogP contribution in [0.15, 0.2) is 36.4 Å². The average molecular weight is 249 g/mol. The van der Waals surface area contributed by atoms with Crippen LogP contribution in [0.3, 0.4) is 0 Å². The number of nitrogens with zero attached hydrogens (tertiary/aromatic N) is 1. The molecule has 0 saturated heterocycles. The third-order valence-corrected chi connectivity index (χ3v) is 3.25. The molecule has 1 atom stereocenters. The molecule has 17 heavy (non-hydrogen) atoms. The molecule has 1 aromatic carbocycles. The number of nitrogens with one attached hydrogen (secondary N) is 1. The molecule has 2 nitrogen and oxygen atoms in total. The molecule has 90 valence electrons. The van der Waals surface area contributed by atoms with Crippen LogP contribution in [0.2, 0.25) is 0 Å². The van der Waals surface area contributed by atoms with Crippen molar-refractivity contribution in [2.24, 2.45) is 5.92 Å². The Labute approximate surface area is 107 Å². The Balaban J connectivity index is 1.99. The topological polar surface area (TPSA) is 24.9 Å². The first-order valence-corrected chi connectivity index (χ1v) is 6.44. The van der Waals surface area contributed by atoms with Crippen LogP contribution in [-0.4, -0.2) is 17.4 Å². The van der Waals surface area contributed by atoms with Crippen molar-refractivity contribution in [3.63, 3.8) is 0 Å². The number of pyridine rings is 1. The molecule has 0 spiro atoms. The summed E-state index contributed by atoms with van der Waals surface area (Å²) in [5.41, 5.74) is 2.13. The number of para-hydroxylation sites is 1. The molecule has 0 aliphatic heterocycles. The zero-order valence-electron chi connectivity index (χ0n) is 9.99. The molecule has 3 heteroatoms. The van der Waals surface area contributed by atoms with Gasteiger partial charge in [-0.2, -0.15) is 0 Å². The maximum Gasteiger partial charge on any atom is 0.0705 e. The number of halogens is 1. The molecule has 0 saturated carbocycles. The first-order chi connectivity index (χ1) is 8.29. The molecule has 0 bridgehead atoms. The third kappa shape index (κ3) is 3.42. The Morgan fingerprint density at radius 2 is 2.06 bits per heavy atom. The van der Waals surface area contributed by atoms with E-state index < -0.39 is 0 Å². The fraction of sp³-hybridized carbons (Fsp3) is 0.357. The van der Waals surface area contributed by atoms with Gasteiger partial charge in [-0.05, 0) is 24.6 Å². The van der Waals surface area contributed by atoms with Gasteiger partial charge in [0.1, 0.15) is 0 Å². The molecule has 1 heterocycles. The van der Waals surface area contributed by atoms with Gasteiger partial charge < -0.3 is 5.32 Å². The number of hydrogen-bond acceptors (Lipinski definition) is 2. The van der Waals surface area contributed by atoms with Gasteiger partial charge >= 0.3 is 0 Å². The Morgan fingerprint density at radius 1 is 1.24 bits per heavy atom. The first kappa shape index (κ1) is 12.3. The summed E-state index contributed by atoms with van der Waals surface area (Å²) in [4.78, 5) is 4.60. The van der Waals surface area contributed by atoms with E-state index in [1.807, 2.05) is 18.2 Å². The summed E-state index contributed by atoms with van der Waals surface area (Å²) in [5.74, 6) is 1.19. The van der Waals surface area contributed by atoms with Crippen LogP contribution in [-0.2, 0) is 6.54 Å². The number of aromatic nitrogens is 1. The molecule has 2 aromatic rings. The molecular formula is C14H17ClN2. The van der Waals surface area contributed by atoms with E-state index in [1.165, 1.54) is 5.39 Å². The zero-order chi connectivity index (χ0) is 12.1. The summed E-state index contributed by atoms with van der Waals surface area (Å²) in [5, 5.41) is 4.56. The number of alkyl halides is 1. The van der Waals surface area contributed by atoms with E-state index in [-0.39, 0.29) is 0 Å². The van der Waals surface area contributed by atoms with Gasteiger partial charge in [0.05, 0.1) is 11.2 Å². The zero-order valence-corrected chi connectivity index (χ0v) is 10.7. The Bertz CT molecular complexity index is 484. The van der Waals surface area contributed by atoms with Crippen LogP contribution in [0.5, 0.6) is 0 Å². The predicted molar refractivity (Wildman–Crippen MR) is 73.3 cm³/mol. The summed E-state index contributed by atoms with van der Waals surface area (Å²) in [6, 6.07) is 12.4. The summed E-state index contributed by atoms with van der Waals surface area (Å²) in [6.07, 6.45) is 0. The van der Waals surface area contributed by atoms with Crippen LogP contribution < -0.4 is 5.32 Å². The minimum atomic E-state index is 0.497. The van der Waals surface area contributed by atoms with Gasteiger partial charge in [-0.3, -0.25) is 4.98 Å². The second kappa shape index (κ2) is 5.99. The normalized spacial score (nSPS) is 12.8. The van der Waals surface area contributed by atoms with Crippen molar-refractivity contribution in [2.75, 3.05) is 12.4 Å². The summed E-state index contributed by atoms with van der Waals surface area (Å²) in [6.45, 7) is 3.86.